The first-order valence-electron chi connectivity index (χ1n) is 1.35. The van der Waals surface area contributed by atoms with Gasteiger partial charge in [-0.05, 0) is 11.8 Å². The van der Waals surface area contributed by atoms with E-state index in [2.05, 4.69) is 12.6 Å². The topological polar surface area (TPSA) is 0 Å². The SMILES string of the molecule is FC(F)(F)SC[S]. The number of alkyl halides is 3. The molecule has 0 aromatic carbocycles. The molecular formula is C2H2F3S2. The fraction of sp³-hybridized carbons (Fsp3) is 1.00. The van der Waals surface area contributed by atoms with Gasteiger partial charge in [0, 0.05) is 0 Å². The second-order valence-corrected chi connectivity index (χ2v) is 2.40. The Labute approximate surface area is 48.9 Å². The third kappa shape index (κ3) is 6.49. The van der Waals surface area contributed by atoms with Gasteiger partial charge in [0.05, 0.1) is 5.08 Å². The Hall–Kier alpha value is 0.490. The maximum Gasteiger partial charge on any atom is 0.442 e. The van der Waals surface area contributed by atoms with Crippen LogP contribution < -0.4 is 0 Å². The normalized spacial score (nSPS) is 12.0. The van der Waals surface area contributed by atoms with E-state index in [0.717, 1.165) is 0 Å². The zero-order chi connectivity index (χ0) is 5.91. The third-order valence-corrected chi connectivity index (χ3v) is 1.02. The first kappa shape index (κ1) is 7.49. The molecule has 0 bridgehead atoms. The predicted octanol–water partition coefficient (Wildman–Crippen LogP) is 2.39. The molecule has 0 spiro atoms. The molecule has 0 aliphatic carbocycles. The first-order chi connectivity index (χ1) is 3.06. The van der Waals surface area contributed by atoms with E-state index in [9.17, 15) is 13.2 Å². The summed E-state index contributed by atoms with van der Waals surface area (Å²) in [7, 11) is 0. The molecule has 0 aliphatic heterocycles. The van der Waals surface area contributed by atoms with Crippen molar-refractivity contribution < 1.29 is 13.2 Å². The second kappa shape index (κ2) is 2.71. The van der Waals surface area contributed by atoms with Crippen LogP contribution in [0.4, 0.5) is 13.2 Å². The lowest BCUT2D eigenvalue weighted by Gasteiger charge is -1.98. The van der Waals surface area contributed by atoms with Crippen molar-refractivity contribution in [2.75, 3.05) is 5.08 Å². The van der Waals surface area contributed by atoms with Crippen molar-refractivity contribution in [3.05, 3.63) is 0 Å². The quantitative estimate of drug-likeness (QED) is 0.548. The highest BCUT2D eigenvalue weighted by Crippen LogP contribution is 2.30. The molecule has 0 aliphatic rings. The van der Waals surface area contributed by atoms with E-state index in [1.165, 1.54) is 0 Å². The molecule has 0 heterocycles. The summed E-state index contributed by atoms with van der Waals surface area (Å²) >= 11 is 3.85. The van der Waals surface area contributed by atoms with Gasteiger partial charge in [0.15, 0.2) is 0 Å². The van der Waals surface area contributed by atoms with Crippen LogP contribution in [0.3, 0.4) is 0 Å². The minimum atomic E-state index is -4.14. The van der Waals surface area contributed by atoms with Crippen molar-refractivity contribution in [3.63, 3.8) is 0 Å². The summed E-state index contributed by atoms with van der Waals surface area (Å²) < 4.78 is 32.9. The summed E-state index contributed by atoms with van der Waals surface area (Å²) in [6, 6.07) is 0. The molecule has 7 heavy (non-hydrogen) atoms. The molecule has 0 aromatic rings. The Morgan fingerprint density at radius 1 is 1.43 bits per heavy atom. The summed E-state index contributed by atoms with van der Waals surface area (Å²) in [6.07, 6.45) is 0. The van der Waals surface area contributed by atoms with Gasteiger partial charge < -0.3 is 0 Å². The Bertz CT molecular complexity index is 49.4. The molecule has 5 heteroatoms. The molecule has 0 fully saturated rings. The van der Waals surface area contributed by atoms with Gasteiger partial charge in [-0.1, -0.05) is 12.6 Å². The van der Waals surface area contributed by atoms with E-state index >= 15 is 0 Å². The summed E-state index contributed by atoms with van der Waals surface area (Å²) in [6.45, 7) is 0. The van der Waals surface area contributed by atoms with E-state index < -0.39 is 5.51 Å². The minimum Gasteiger partial charge on any atom is -0.160 e. The van der Waals surface area contributed by atoms with Gasteiger partial charge in [-0.2, -0.15) is 13.2 Å². The van der Waals surface area contributed by atoms with Crippen LogP contribution in [0.15, 0.2) is 0 Å². The molecule has 0 saturated heterocycles. The fourth-order valence-corrected chi connectivity index (χ4v) is 0.601. The van der Waals surface area contributed by atoms with Crippen LogP contribution in [0.25, 0.3) is 0 Å². The molecule has 0 amide bonds. The highest BCUT2D eigenvalue weighted by Gasteiger charge is 2.26. The lowest BCUT2D eigenvalue weighted by atomic mass is 11.6. The smallest absolute Gasteiger partial charge is 0.160 e. The average molecular weight is 147 g/mol. The first-order valence-corrected chi connectivity index (χ1v) is 2.91. The lowest BCUT2D eigenvalue weighted by molar-refractivity contribution is -0.0324. The van der Waals surface area contributed by atoms with Gasteiger partial charge in [0.25, 0.3) is 0 Å². The van der Waals surface area contributed by atoms with Crippen LogP contribution in [0.5, 0.6) is 0 Å². The Morgan fingerprint density at radius 3 is 1.86 bits per heavy atom. The molecule has 0 atom stereocenters. The molecule has 0 unspecified atom stereocenters. The van der Waals surface area contributed by atoms with Crippen LogP contribution in [-0.4, -0.2) is 10.6 Å². The monoisotopic (exact) mass is 147 g/mol. The Kier molecular flexibility index (Phi) is 2.90. The minimum absolute atomic E-state index is 0.197. The van der Waals surface area contributed by atoms with Gasteiger partial charge in [0.2, 0.25) is 0 Å². The van der Waals surface area contributed by atoms with Crippen molar-refractivity contribution in [3.8, 4) is 0 Å². The van der Waals surface area contributed by atoms with E-state index in [-0.39, 0.29) is 16.8 Å². The molecule has 0 aromatic heterocycles. The van der Waals surface area contributed by atoms with Gasteiger partial charge >= 0.3 is 5.51 Å². The van der Waals surface area contributed by atoms with Crippen LogP contribution in [0, 0.1) is 0 Å². The van der Waals surface area contributed by atoms with Gasteiger partial charge in [-0.3, -0.25) is 0 Å². The molecular weight excluding hydrogens is 145 g/mol. The van der Waals surface area contributed by atoms with Crippen LogP contribution in [0.2, 0.25) is 0 Å². The highest BCUT2D eigenvalue weighted by atomic mass is 32.2. The van der Waals surface area contributed by atoms with Gasteiger partial charge in [-0.15, -0.1) is 0 Å². The number of hydrogen-bond donors (Lipinski definition) is 0. The van der Waals surface area contributed by atoms with Crippen LogP contribution >= 0.6 is 24.4 Å². The zero-order valence-electron chi connectivity index (χ0n) is 3.16. The summed E-state index contributed by atoms with van der Waals surface area (Å²) in [5.41, 5.74) is -4.14. The number of halogens is 3. The largest absolute Gasteiger partial charge is 0.442 e. The Balaban J connectivity index is 3.15. The number of rotatable bonds is 1. The fourth-order valence-electron chi connectivity index (χ4n) is 0.0668. The van der Waals surface area contributed by atoms with Crippen LogP contribution in [-0.2, 0) is 0 Å². The van der Waals surface area contributed by atoms with E-state index in [1.54, 1.807) is 0 Å². The van der Waals surface area contributed by atoms with Crippen molar-refractivity contribution in [2.24, 2.45) is 0 Å². The lowest BCUT2D eigenvalue weighted by Crippen LogP contribution is -1.98. The van der Waals surface area contributed by atoms with Crippen molar-refractivity contribution in [2.45, 2.75) is 5.51 Å². The number of hydrogen-bond acceptors (Lipinski definition) is 1. The molecule has 1 radical (unpaired) electrons. The summed E-state index contributed by atoms with van der Waals surface area (Å²) in [5, 5.41) is -0.316. The zero-order valence-corrected chi connectivity index (χ0v) is 4.79. The van der Waals surface area contributed by atoms with Gasteiger partial charge in [0.1, 0.15) is 0 Å². The number of thioether (sulfide) groups is 1. The second-order valence-electron chi connectivity index (χ2n) is 0.708. The van der Waals surface area contributed by atoms with E-state index in [0.29, 0.717) is 0 Å². The average Bonchev–Trinajstić information content (AvgIpc) is 1.30. The molecule has 0 nitrogen and oxygen atoms in total. The maximum atomic E-state index is 11.0. The summed E-state index contributed by atoms with van der Waals surface area (Å²) in [5.74, 6) is 0. The molecule has 0 saturated carbocycles. The van der Waals surface area contributed by atoms with Gasteiger partial charge in [-0.25, -0.2) is 0 Å². The highest BCUT2D eigenvalue weighted by molar-refractivity contribution is 8.09. The summed E-state index contributed by atoms with van der Waals surface area (Å²) in [4.78, 5) is 0. The molecule has 0 N–H and O–H groups in total. The van der Waals surface area contributed by atoms with Crippen molar-refractivity contribution in [1.29, 1.82) is 0 Å². The molecule has 43 valence electrons. The van der Waals surface area contributed by atoms with Crippen molar-refractivity contribution in [1.82, 2.24) is 0 Å². The van der Waals surface area contributed by atoms with E-state index in [4.69, 9.17) is 0 Å². The maximum absolute atomic E-state index is 11.0. The van der Waals surface area contributed by atoms with E-state index in [1.807, 2.05) is 0 Å². The molecule has 0 rings (SSSR count). The third-order valence-electron chi connectivity index (χ3n) is 0.223. The Morgan fingerprint density at radius 2 is 1.86 bits per heavy atom. The standard InChI is InChI=1S/C2H2F3S2/c3-2(4,5)7-1-6/h1H2. The van der Waals surface area contributed by atoms with Crippen molar-refractivity contribution >= 4 is 24.4 Å². The van der Waals surface area contributed by atoms with Crippen LogP contribution in [0.1, 0.15) is 0 Å². The predicted molar refractivity (Wildman–Crippen MR) is 26.1 cm³/mol.